The molecule has 164 valence electrons. The Balaban J connectivity index is 1.60. The molecular formula is C22H25N3O5S. The molecule has 1 aromatic heterocycles. The van der Waals surface area contributed by atoms with Crippen LogP contribution in [0.15, 0.2) is 36.4 Å². The molecule has 3 aromatic rings. The van der Waals surface area contributed by atoms with Gasteiger partial charge in [-0.1, -0.05) is 30.7 Å². The van der Waals surface area contributed by atoms with Crippen molar-refractivity contribution in [3.8, 4) is 11.5 Å². The third-order valence-electron chi connectivity index (χ3n) is 4.53. The largest absolute Gasteiger partial charge is 0.490 e. The number of aryl methyl sites for hydroxylation is 1. The molecule has 0 saturated heterocycles. The third-order valence-corrected chi connectivity index (χ3v) is 5.47. The van der Waals surface area contributed by atoms with Gasteiger partial charge >= 0.3 is 0 Å². The zero-order valence-corrected chi connectivity index (χ0v) is 18.4. The predicted octanol–water partition coefficient (Wildman–Crippen LogP) is 5.35. The van der Waals surface area contributed by atoms with Crippen molar-refractivity contribution >= 4 is 38.3 Å². The molecule has 0 aliphatic rings. The molecule has 0 unspecified atom stereocenters. The first-order valence-corrected chi connectivity index (χ1v) is 11.0. The molecule has 0 bridgehead atoms. The Kier molecular flexibility index (Phi) is 7.77. The highest BCUT2D eigenvalue weighted by Crippen LogP contribution is 2.30. The van der Waals surface area contributed by atoms with Crippen molar-refractivity contribution in [2.75, 3.05) is 18.5 Å². The van der Waals surface area contributed by atoms with Crippen molar-refractivity contribution in [2.45, 2.75) is 39.5 Å². The Labute approximate surface area is 184 Å². The van der Waals surface area contributed by atoms with E-state index in [4.69, 9.17) is 9.47 Å². The van der Waals surface area contributed by atoms with Crippen LogP contribution in [0.2, 0.25) is 0 Å². The standard InChI is InChI=1S/C22H25N3O5S/c1-3-5-12-30-18-10-6-15(13-19(18)29-4-2)7-11-21(26)24-22-23-17-9-8-16(25(27)28)14-20(17)31-22/h6,8-10,13-14H,3-5,7,11-12H2,1-2H3,(H,23,24,26). The Morgan fingerprint density at radius 3 is 2.74 bits per heavy atom. The number of carbonyl (C=O) groups is 1. The van der Waals surface area contributed by atoms with Crippen LogP contribution in [0.25, 0.3) is 10.2 Å². The molecule has 0 aliphatic carbocycles. The van der Waals surface area contributed by atoms with Crippen LogP contribution < -0.4 is 14.8 Å². The molecular weight excluding hydrogens is 418 g/mol. The summed E-state index contributed by atoms with van der Waals surface area (Å²) in [5, 5.41) is 14.1. The van der Waals surface area contributed by atoms with Crippen LogP contribution in [0.5, 0.6) is 11.5 Å². The van der Waals surface area contributed by atoms with E-state index in [0.29, 0.717) is 46.5 Å². The van der Waals surface area contributed by atoms with Gasteiger partial charge in [-0.25, -0.2) is 4.98 Å². The van der Waals surface area contributed by atoms with Crippen LogP contribution in [-0.4, -0.2) is 29.0 Å². The molecule has 0 atom stereocenters. The lowest BCUT2D eigenvalue weighted by atomic mass is 10.1. The van der Waals surface area contributed by atoms with Crippen molar-refractivity contribution in [2.24, 2.45) is 0 Å². The Hall–Kier alpha value is -3.20. The maximum Gasteiger partial charge on any atom is 0.270 e. The molecule has 31 heavy (non-hydrogen) atoms. The number of aromatic nitrogens is 1. The van der Waals surface area contributed by atoms with Crippen LogP contribution in [0, 0.1) is 10.1 Å². The molecule has 3 rings (SSSR count). The molecule has 2 aromatic carbocycles. The van der Waals surface area contributed by atoms with E-state index in [1.54, 1.807) is 6.07 Å². The van der Waals surface area contributed by atoms with Crippen molar-refractivity contribution in [1.29, 1.82) is 0 Å². The molecule has 1 amide bonds. The molecule has 1 N–H and O–H groups in total. The van der Waals surface area contributed by atoms with Gasteiger partial charge in [0.2, 0.25) is 5.91 Å². The number of hydrogen-bond donors (Lipinski definition) is 1. The fraction of sp³-hybridized carbons (Fsp3) is 0.364. The monoisotopic (exact) mass is 443 g/mol. The van der Waals surface area contributed by atoms with Crippen LogP contribution >= 0.6 is 11.3 Å². The summed E-state index contributed by atoms with van der Waals surface area (Å²) >= 11 is 1.22. The summed E-state index contributed by atoms with van der Waals surface area (Å²) in [5.41, 5.74) is 1.59. The quantitative estimate of drug-likeness (QED) is 0.243. The molecule has 0 spiro atoms. The number of thiazole rings is 1. The normalized spacial score (nSPS) is 10.8. The summed E-state index contributed by atoms with van der Waals surface area (Å²) in [6.07, 6.45) is 2.85. The van der Waals surface area contributed by atoms with E-state index in [-0.39, 0.29) is 18.0 Å². The fourth-order valence-corrected chi connectivity index (χ4v) is 3.86. The lowest BCUT2D eigenvalue weighted by Crippen LogP contribution is -2.12. The molecule has 1 heterocycles. The first-order valence-electron chi connectivity index (χ1n) is 10.2. The van der Waals surface area contributed by atoms with Crippen molar-refractivity contribution in [3.63, 3.8) is 0 Å². The van der Waals surface area contributed by atoms with Gasteiger partial charge in [-0.15, -0.1) is 0 Å². The number of amides is 1. The number of benzene rings is 2. The highest BCUT2D eigenvalue weighted by atomic mass is 32.1. The van der Waals surface area contributed by atoms with Crippen LogP contribution in [0.4, 0.5) is 10.8 Å². The Morgan fingerprint density at radius 2 is 2.00 bits per heavy atom. The predicted molar refractivity (Wildman–Crippen MR) is 121 cm³/mol. The molecule has 9 heteroatoms. The van der Waals surface area contributed by atoms with E-state index >= 15 is 0 Å². The fourth-order valence-electron chi connectivity index (χ4n) is 2.94. The molecule has 0 saturated carbocycles. The van der Waals surface area contributed by atoms with Gasteiger partial charge in [0, 0.05) is 18.6 Å². The number of anilines is 1. The minimum absolute atomic E-state index is 0.00116. The second kappa shape index (κ2) is 10.7. The number of rotatable bonds is 11. The molecule has 0 aliphatic heterocycles. The molecule has 0 fully saturated rings. The summed E-state index contributed by atoms with van der Waals surface area (Å²) in [7, 11) is 0. The second-order valence-corrected chi connectivity index (χ2v) is 7.92. The van der Waals surface area contributed by atoms with E-state index in [1.807, 2.05) is 25.1 Å². The minimum atomic E-state index is -0.450. The zero-order valence-electron chi connectivity index (χ0n) is 17.6. The minimum Gasteiger partial charge on any atom is -0.490 e. The number of nitro groups is 1. The number of unbranched alkanes of at least 4 members (excludes halogenated alkanes) is 1. The highest BCUT2D eigenvalue weighted by molar-refractivity contribution is 7.22. The number of hydrogen-bond acceptors (Lipinski definition) is 7. The number of ether oxygens (including phenoxy) is 2. The van der Waals surface area contributed by atoms with E-state index in [0.717, 1.165) is 18.4 Å². The van der Waals surface area contributed by atoms with Gasteiger partial charge in [-0.05, 0) is 43.5 Å². The number of nitrogens with one attached hydrogen (secondary N) is 1. The van der Waals surface area contributed by atoms with Crippen LogP contribution in [0.1, 0.15) is 38.7 Å². The average Bonchev–Trinajstić information content (AvgIpc) is 3.15. The number of carbonyl (C=O) groups excluding carboxylic acids is 1. The molecule has 8 nitrogen and oxygen atoms in total. The lowest BCUT2D eigenvalue weighted by Gasteiger charge is -2.13. The van der Waals surface area contributed by atoms with Gasteiger partial charge in [0.1, 0.15) is 0 Å². The van der Waals surface area contributed by atoms with Gasteiger partial charge in [-0.3, -0.25) is 14.9 Å². The van der Waals surface area contributed by atoms with E-state index in [2.05, 4.69) is 17.2 Å². The number of fused-ring (bicyclic) bond motifs is 1. The summed E-state index contributed by atoms with van der Waals surface area (Å²) in [6, 6.07) is 10.2. The Bertz CT molecular complexity index is 1070. The summed E-state index contributed by atoms with van der Waals surface area (Å²) < 4.78 is 12.1. The lowest BCUT2D eigenvalue weighted by molar-refractivity contribution is -0.384. The smallest absolute Gasteiger partial charge is 0.270 e. The maximum absolute atomic E-state index is 12.4. The topological polar surface area (TPSA) is 104 Å². The van der Waals surface area contributed by atoms with Crippen molar-refractivity contribution in [3.05, 3.63) is 52.1 Å². The summed E-state index contributed by atoms with van der Waals surface area (Å²) in [5.74, 6) is 1.23. The van der Waals surface area contributed by atoms with Crippen LogP contribution in [-0.2, 0) is 11.2 Å². The summed E-state index contributed by atoms with van der Waals surface area (Å²) in [6.45, 7) is 5.20. The van der Waals surface area contributed by atoms with Gasteiger partial charge in [-0.2, -0.15) is 0 Å². The number of nitrogens with zero attached hydrogens (tertiary/aromatic N) is 2. The van der Waals surface area contributed by atoms with Gasteiger partial charge in [0.25, 0.3) is 5.69 Å². The van der Waals surface area contributed by atoms with Gasteiger partial charge in [0.05, 0.1) is 28.4 Å². The SMILES string of the molecule is CCCCOc1ccc(CCC(=O)Nc2nc3ccc([N+](=O)[O-])cc3s2)cc1OCC. The zero-order chi connectivity index (χ0) is 22.2. The van der Waals surface area contributed by atoms with Crippen molar-refractivity contribution < 1.29 is 19.2 Å². The van der Waals surface area contributed by atoms with Gasteiger partial charge in [0.15, 0.2) is 16.6 Å². The maximum atomic E-state index is 12.4. The molecule has 0 radical (unpaired) electrons. The average molecular weight is 444 g/mol. The van der Waals surface area contributed by atoms with E-state index in [9.17, 15) is 14.9 Å². The first kappa shape index (κ1) is 22.5. The number of non-ortho nitro benzene ring substituents is 1. The van der Waals surface area contributed by atoms with E-state index < -0.39 is 4.92 Å². The Morgan fingerprint density at radius 1 is 1.16 bits per heavy atom. The number of nitro benzene ring substituents is 1. The summed E-state index contributed by atoms with van der Waals surface area (Å²) in [4.78, 5) is 27.2. The first-order chi connectivity index (χ1) is 15.0. The highest BCUT2D eigenvalue weighted by Gasteiger charge is 2.13. The van der Waals surface area contributed by atoms with Crippen molar-refractivity contribution in [1.82, 2.24) is 4.98 Å². The second-order valence-electron chi connectivity index (χ2n) is 6.89. The van der Waals surface area contributed by atoms with Crippen LogP contribution in [0.3, 0.4) is 0 Å². The third kappa shape index (κ3) is 6.14. The van der Waals surface area contributed by atoms with Gasteiger partial charge < -0.3 is 14.8 Å². The van der Waals surface area contributed by atoms with E-state index in [1.165, 1.54) is 23.5 Å².